The Bertz CT molecular complexity index is 909. The van der Waals surface area contributed by atoms with Crippen LogP contribution >= 0.6 is 11.8 Å². The maximum absolute atomic E-state index is 11.9. The lowest BCUT2D eigenvalue weighted by Gasteiger charge is -2.07. The van der Waals surface area contributed by atoms with Crippen LogP contribution in [0.15, 0.2) is 70.6 Å². The van der Waals surface area contributed by atoms with Crippen molar-refractivity contribution in [1.82, 2.24) is 20.2 Å². The van der Waals surface area contributed by atoms with Gasteiger partial charge in [-0.1, -0.05) is 72.4 Å². The third kappa shape index (κ3) is 5.83. The molecule has 3 rings (SSSR count). The van der Waals surface area contributed by atoms with E-state index in [0.29, 0.717) is 24.7 Å². The summed E-state index contributed by atoms with van der Waals surface area (Å²) in [7, 11) is 0. The Morgan fingerprint density at radius 3 is 2.44 bits per heavy atom. The van der Waals surface area contributed by atoms with E-state index in [2.05, 4.69) is 15.7 Å². The first kappa shape index (κ1) is 18.9. The molecule has 1 aromatic heterocycles. The lowest BCUT2D eigenvalue weighted by atomic mass is 10.1. The van der Waals surface area contributed by atoms with E-state index in [0.717, 1.165) is 11.1 Å². The highest BCUT2D eigenvalue weighted by atomic mass is 32.2. The van der Waals surface area contributed by atoms with Crippen LogP contribution in [-0.4, -0.2) is 26.4 Å². The van der Waals surface area contributed by atoms with Crippen molar-refractivity contribution in [1.29, 1.82) is 0 Å². The summed E-state index contributed by atoms with van der Waals surface area (Å²) in [6, 6.07) is 19.4. The van der Waals surface area contributed by atoms with E-state index in [1.807, 2.05) is 60.7 Å². The first-order valence-electron chi connectivity index (χ1n) is 8.49. The molecule has 0 aliphatic heterocycles. The Morgan fingerprint density at radius 1 is 1.07 bits per heavy atom. The summed E-state index contributed by atoms with van der Waals surface area (Å²) in [6.45, 7) is 0.787. The van der Waals surface area contributed by atoms with Gasteiger partial charge in [0.15, 0.2) is 5.16 Å². The highest BCUT2D eigenvalue weighted by Gasteiger charge is 2.11. The molecule has 140 valence electrons. The number of amides is 1. The SMILES string of the molecule is O=C(CSc1n[nH]c(=O)n1CCc1ccccc1)NOCc1ccccc1. The van der Waals surface area contributed by atoms with Crippen molar-refractivity contribution in [3.05, 3.63) is 82.3 Å². The van der Waals surface area contributed by atoms with Crippen LogP contribution in [0.25, 0.3) is 0 Å². The van der Waals surface area contributed by atoms with E-state index < -0.39 is 0 Å². The van der Waals surface area contributed by atoms with E-state index in [4.69, 9.17) is 4.84 Å². The van der Waals surface area contributed by atoms with Gasteiger partial charge < -0.3 is 0 Å². The third-order valence-electron chi connectivity index (χ3n) is 3.79. The van der Waals surface area contributed by atoms with Gasteiger partial charge in [0.1, 0.15) is 0 Å². The number of carbonyl (C=O) groups is 1. The number of nitrogens with zero attached hydrogens (tertiary/aromatic N) is 2. The summed E-state index contributed by atoms with van der Waals surface area (Å²) in [4.78, 5) is 29.1. The zero-order valence-corrected chi connectivity index (χ0v) is 15.4. The Morgan fingerprint density at radius 2 is 1.74 bits per heavy atom. The summed E-state index contributed by atoms with van der Waals surface area (Å²) < 4.78 is 1.54. The Hall–Kier alpha value is -2.84. The van der Waals surface area contributed by atoms with Crippen LogP contribution in [0.2, 0.25) is 0 Å². The highest BCUT2D eigenvalue weighted by molar-refractivity contribution is 7.99. The molecule has 0 radical (unpaired) electrons. The molecule has 0 aliphatic rings. The van der Waals surface area contributed by atoms with Gasteiger partial charge in [0.2, 0.25) is 0 Å². The van der Waals surface area contributed by atoms with Crippen LogP contribution in [0, 0.1) is 0 Å². The van der Waals surface area contributed by atoms with Gasteiger partial charge in [-0.2, -0.15) is 0 Å². The van der Waals surface area contributed by atoms with E-state index in [1.54, 1.807) is 0 Å². The van der Waals surface area contributed by atoms with E-state index in [9.17, 15) is 9.59 Å². The normalized spacial score (nSPS) is 10.7. The largest absolute Gasteiger partial charge is 0.343 e. The minimum Gasteiger partial charge on any atom is -0.272 e. The molecule has 2 aromatic carbocycles. The van der Waals surface area contributed by atoms with E-state index >= 15 is 0 Å². The second-order valence-corrected chi connectivity index (χ2v) is 6.73. The third-order valence-corrected chi connectivity index (χ3v) is 4.77. The van der Waals surface area contributed by atoms with Crippen molar-refractivity contribution in [2.24, 2.45) is 0 Å². The maximum atomic E-state index is 11.9. The minimum absolute atomic E-state index is 0.102. The second-order valence-electron chi connectivity index (χ2n) is 5.79. The molecule has 0 saturated heterocycles. The van der Waals surface area contributed by atoms with E-state index in [1.165, 1.54) is 16.3 Å². The molecule has 0 fully saturated rings. The molecule has 0 bridgehead atoms. The van der Waals surface area contributed by atoms with Crippen LogP contribution in [0.3, 0.4) is 0 Å². The van der Waals surface area contributed by atoms with Crippen molar-refractivity contribution in [3.63, 3.8) is 0 Å². The van der Waals surface area contributed by atoms with Crippen LogP contribution in [0.1, 0.15) is 11.1 Å². The molecular weight excluding hydrogens is 364 g/mol. The molecule has 0 spiro atoms. The Balaban J connectivity index is 1.46. The average molecular weight is 384 g/mol. The predicted molar refractivity (Wildman–Crippen MR) is 103 cm³/mol. The van der Waals surface area contributed by atoms with Gasteiger partial charge in [0.25, 0.3) is 5.91 Å². The van der Waals surface area contributed by atoms with Crippen molar-refractivity contribution in [2.45, 2.75) is 24.7 Å². The van der Waals surface area contributed by atoms with Crippen LogP contribution in [-0.2, 0) is 29.2 Å². The summed E-state index contributed by atoms with van der Waals surface area (Å²) in [6.07, 6.45) is 0.709. The van der Waals surface area contributed by atoms with Gasteiger partial charge in [0, 0.05) is 6.54 Å². The number of aromatic amines is 1. The van der Waals surface area contributed by atoms with E-state index in [-0.39, 0.29) is 17.3 Å². The molecule has 7 nitrogen and oxygen atoms in total. The van der Waals surface area contributed by atoms with Crippen LogP contribution < -0.4 is 11.2 Å². The number of hydrogen-bond donors (Lipinski definition) is 2. The maximum Gasteiger partial charge on any atom is 0.343 e. The van der Waals surface area contributed by atoms with Gasteiger partial charge >= 0.3 is 5.69 Å². The molecule has 0 saturated carbocycles. The molecular formula is C19H20N4O3S. The lowest BCUT2D eigenvalue weighted by Crippen LogP contribution is -2.25. The topological polar surface area (TPSA) is 89.0 Å². The Labute approximate surface area is 160 Å². The number of thioether (sulfide) groups is 1. The lowest BCUT2D eigenvalue weighted by molar-refractivity contribution is -0.131. The number of aryl methyl sites for hydroxylation is 1. The second kappa shape index (κ2) is 9.75. The summed E-state index contributed by atoms with van der Waals surface area (Å²) in [5.74, 6) is -0.189. The number of carbonyl (C=O) groups excluding carboxylic acids is 1. The summed E-state index contributed by atoms with van der Waals surface area (Å²) >= 11 is 1.19. The van der Waals surface area contributed by atoms with Crippen molar-refractivity contribution in [3.8, 4) is 0 Å². The zero-order chi connectivity index (χ0) is 18.9. The molecule has 0 unspecified atom stereocenters. The number of hydroxylamine groups is 1. The number of H-pyrrole nitrogens is 1. The molecule has 1 heterocycles. The number of aromatic nitrogens is 3. The van der Waals surface area contributed by atoms with Crippen molar-refractivity contribution < 1.29 is 9.63 Å². The fourth-order valence-electron chi connectivity index (χ4n) is 2.43. The van der Waals surface area contributed by atoms with Gasteiger partial charge in [-0.25, -0.2) is 15.4 Å². The van der Waals surface area contributed by atoms with Gasteiger partial charge in [-0.05, 0) is 17.5 Å². The predicted octanol–water partition coefficient (Wildman–Crippen LogP) is 2.15. The fraction of sp³-hybridized carbons (Fsp3) is 0.211. The average Bonchev–Trinajstić information content (AvgIpc) is 3.06. The molecule has 27 heavy (non-hydrogen) atoms. The van der Waals surface area contributed by atoms with Gasteiger partial charge in [0.05, 0.1) is 12.4 Å². The highest BCUT2D eigenvalue weighted by Crippen LogP contribution is 2.13. The molecule has 0 aliphatic carbocycles. The molecule has 3 aromatic rings. The monoisotopic (exact) mass is 384 g/mol. The molecule has 2 N–H and O–H groups in total. The standard InChI is InChI=1S/C19H20N4O3S/c24-17(22-26-13-16-9-5-2-6-10-16)14-27-19-21-20-18(25)23(19)12-11-15-7-3-1-4-8-15/h1-10H,11-14H2,(H,20,25)(H,22,24). The van der Waals surface area contributed by atoms with Gasteiger partial charge in [-0.15, -0.1) is 5.10 Å². The first-order chi connectivity index (χ1) is 13.2. The number of nitrogens with one attached hydrogen (secondary N) is 2. The minimum atomic E-state index is -0.291. The summed E-state index contributed by atoms with van der Waals surface area (Å²) in [5, 5.41) is 6.91. The Kier molecular flexibility index (Phi) is 6.84. The number of benzene rings is 2. The quantitative estimate of drug-likeness (QED) is 0.436. The van der Waals surface area contributed by atoms with Crippen LogP contribution in [0.5, 0.6) is 0 Å². The summed E-state index contributed by atoms with van der Waals surface area (Å²) in [5.41, 5.74) is 4.22. The van der Waals surface area contributed by atoms with Crippen molar-refractivity contribution >= 4 is 17.7 Å². The first-order valence-corrected chi connectivity index (χ1v) is 9.47. The molecule has 1 amide bonds. The number of rotatable bonds is 9. The molecule has 8 heteroatoms. The van der Waals surface area contributed by atoms with Gasteiger partial charge in [-0.3, -0.25) is 14.2 Å². The van der Waals surface area contributed by atoms with Crippen molar-refractivity contribution in [2.75, 3.05) is 5.75 Å². The smallest absolute Gasteiger partial charge is 0.272 e. The number of hydrogen-bond acceptors (Lipinski definition) is 5. The zero-order valence-electron chi connectivity index (χ0n) is 14.6. The van der Waals surface area contributed by atoms with Crippen LogP contribution in [0.4, 0.5) is 0 Å². The fourth-order valence-corrected chi connectivity index (χ4v) is 3.19. The molecule has 0 atom stereocenters.